The van der Waals surface area contributed by atoms with Crippen LogP contribution in [0.25, 0.3) is 0 Å². The average molecular weight is 283 g/mol. The quantitative estimate of drug-likeness (QED) is 0.887. The smallest absolute Gasteiger partial charge is 0.407 e. The summed E-state index contributed by atoms with van der Waals surface area (Å²) >= 11 is 5.71. The molecule has 1 aromatic rings. The maximum atomic E-state index is 11.2. The fraction of sp³-hybridized carbons (Fsp3) is 0.583. The number of rotatable bonds is 3. The van der Waals surface area contributed by atoms with Crippen LogP contribution in [0.4, 0.5) is 10.7 Å². The molecule has 1 unspecified atom stereocenters. The van der Waals surface area contributed by atoms with E-state index in [0.29, 0.717) is 24.1 Å². The van der Waals surface area contributed by atoms with E-state index in [1.165, 1.54) is 17.3 Å². The van der Waals surface area contributed by atoms with Crippen molar-refractivity contribution in [1.29, 1.82) is 0 Å². The Morgan fingerprint density at radius 1 is 1.53 bits per heavy atom. The molecule has 1 saturated carbocycles. The summed E-state index contributed by atoms with van der Waals surface area (Å²) in [5, 5.41) is 12.8. The zero-order chi connectivity index (χ0) is 13.5. The summed E-state index contributed by atoms with van der Waals surface area (Å²) in [6, 6.07) is -0.000668. The highest BCUT2D eigenvalue weighted by molar-refractivity contribution is 6.30. The lowest BCUT2D eigenvalue weighted by Crippen LogP contribution is -2.38. The lowest BCUT2D eigenvalue weighted by molar-refractivity contribution is 0.140. The third-order valence-corrected chi connectivity index (χ3v) is 4.13. The van der Waals surface area contributed by atoms with E-state index in [9.17, 15) is 9.90 Å². The fourth-order valence-corrected chi connectivity index (χ4v) is 2.82. The second-order valence-electron chi connectivity index (χ2n) is 5.37. The summed E-state index contributed by atoms with van der Waals surface area (Å²) in [6.45, 7) is 1.20. The number of likely N-dealkylation sites (tertiary alicyclic amines) is 1. The van der Waals surface area contributed by atoms with Crippen molar-refractivity contribution in [3.05, 3.63) is 17.4 Å². The molecule has 3 rings (SSSR count). The maximum Gasteiger partial charge on any atom is 0.407 e. The second-order valence-corrected chi connectivity index (χ2v) is 5.81. The predicted molar refractivity (Wildman–Crippen MR) is 70.3 cm³/mol. The monoisotopic (exact) mass is 282 g/mol. The van der Waals surface area contributed by atoms with E-state index >= 15 is 0 Å². The molecule has 7 heteroatoms. The number of amides is 1. The Hall–Kier alpha value is -1.56. The summed E-state index contributed by atoms with van der Waals surface area (Å²) in [6.07, 6.45) is 5.41. The Kier molecular flexibility index (Phi) is 2.97. The number of carbonyl (C=O) groups is 1. The number of hydrogen-bond acceptors (Lipinski definition) is 4. The normalized spacial score (nSPS) is 23.6. The van der Waals surface area contributed by atoms with Crippen molar-refractivity contribution < 1.29 is 9.90 Å². The highest BCUT2D eigenvalue weighted by atomic mass is 35.5. The molecule has 2 N–H and O–H groups in total. The van der Waals surface area contributed by atoms with Crippen molar-refractivity contribution in [1.82, 2.24) is 14.9 Å². The van der Waals surface area contributed by atoms with Gasteiger partial charge in [0, 0.05) is 13.1 Å². The van der Waals surface area contributed by atoms with Gasteiger partial charge >= 0.3 is 6.09 Å². The molecule has 0 aromatic carbocycles. The summed E-state index contributed by atoms with van der Waals surface area (Å²) < 4.78 is 0. The first-order chi connectivity index (χ1) is 9.08. The van der Waals surface area contributed by atoms with Crippen molar-refractivity contribution in [2.24, 2.45) is 5.41 Å². The Labute approximate surface area is 115 Å². The van der Waals surface area contributed by atoms with Crippen LogP contribution in [0, 0.1) is 5.41 Å². The van der Waals surface area contributed by atoms with Crippen LogP contribution in [0.1, 0.15) is 19.3 Å². The van der Waals surface area contributed by atoms with Gasteiger partial charge in [-0.25, -0.2) is 14.8 Å². The maximum absolute atomic E-state index is 11.2. The van der Waals surface area contributed by atoms with Crippen LogP contribution in [0.2, 0.25) is 5.02 Å². The van der Waals surface area contributed by atoms with E-state index in [1.807, 2.05) is 0 Å². The molecular formula is C12H15ClN4O2. The number of anilines is 1. The van der Waals surface area contributed by atoms with Gasteiger partial charge in [0.15, 0.2) is 0 Å². The molecule has 0 bridgehead atoms. The van der Waals surface area contributed by atoms with Gasteiger partial charge in [0.25, 0.3) is 0 Å². The molecular weight excluding hydrogens is 268 g/mol. The third kappa shape index (κ3) is 2.58. The molecule has 1 aliphatic heterocycles. The molecule has 102 valence electrons. The van der Waals surface area contributed by atoms with Crippen molar-refractivity contribution >= 4 is 23.6 Å². The highest BCUT2D eigenvalue weighted by Gasteiger charge is 2.53. The van der Waals surface area contributed by atoms with E-state index in [-0.39, 0.29) is 11.5 Å². The number of carboxylic acid groups (broad SMARTS) is 1. The standard InChI is InChI=1S/C12H15ClN4O2/c13-8-4-14-10(15-5-8)16-6-9-3-12(1-2-12)7-17(9)11(18)19/h4-5,9H,1-3,6-7H2,(H,18,19)(H,14,15,16). The van der Waals surface area contributed by atoms with Crippen LogP contribution >= 0.6 is 11.6 Å². The number of nitrogens with zero attached hydrogens (tertiary/aromatic N) is 3. The lowest BCUT2D eigenvalue weighted by Gasteiger charge is -2.21. The van der Waals surface area contributed by atoms with Gasteiger partial charge in [0.2, 0.25) is 5.95 Å². The van der Waals surface area contributed by atoms with Crippen LogP contribution in [-0.4, -0.2) is 45.2 Å². The van der Waals surface area contributed by atoms with Crippen molar-refractivity contribution in [3.8, 4) is 0 Å². The molecule has 1 aromatic heterocycles. The second kappa shape index (κ2) is 4.52. The van der Waals surface area contributed by atoms with Gasteiger partial charge in [0.05, 0.1) is 23.5 Å². The SMILES string of the molecule is O=C(O)N1CC2(CC2)CC1CNc1ncc(Cl)cn1. The Morgan fingerprint density at radius 3 is 2.79 bits per heavy atom. The minimum Gasteiger partial charge on any atom is -0.465 e. The van der Waals surface area contributed by atoms with Gasteiger partial charge in [-0.3, -0.25) is 0 Å². The number of hydrogen-bond donors (Lipinski definition) is 2. The molecule has 1 spiro atoms. The number of aromatic nitrogens is 2. The Morgan fingerprint density at radius 2 is 2.21 bits per heavy atom. The van der Waals surface area contributed by atoms with Gasteiger partial charge in [-0.15, -0.1) is 0 Å². The van der Waals surface area contributed by atoms with Gasteiger partial charge < -0.3 is 15.3 Å². The van der Waals surface area contributed by atoms with E-state index in [2.05, 4.69) is 15.3 Å². The average Bonchev–Trinajstić information content (AvgIpc) is 3.01. The molecule has 1 aliphatic carbocycles. The molecule has 2 aliphatic rings. The number of halogens is 1. The van der Waals surface area contributed by atoms with E-state index in [1.54, 1.807) is 0 Å². The zero-order valence-corrected chi connectivity index (χ0v) is 11.1. The minimum atomic E-state index is -0.840. The number of nitrogens with one attached hydrogen (secondary N) is 1. The van der Waals surface area contributed by atoms with Gasteiger partial charge in [-0.1, -0.05) is 11.6 Å². The molecule has 2 heterocycles. The van der Waals surface area contributed by atoms with Crippen molar-refractivity contribution in [2.45, 2.75) is 25.3 Å². The Bertz CT molecular complexity index is 489. The molecule has 0 radical (unpaired) electrons. The fourth-order valence-electron chi connectivity index (χ4n) is 2.72. The molecule has 6 nitrogen and oxygen atoms in total. The largest absolute Gasteiger partial charge is 0.465 e. The van der Waals surface area contributed by atoms with Crippen molar-refractivity contribution in [3.63, 3.8) is 0 Å². The summed E-state index contributed by atoms with van der Waals surface area (Å²) in [7, 11) is 0. The minimum absolute atomic E-state index is 0.000668. The summed E-state index contributed by atoms with van der Waals surface area (Å²) in [5.41, 5.74) is 0.256. The summed E-state index contributed by atoms with van der Waals surface area (Å²) in [5.74, 6) is 0.478. The summed E-state index contributed by atoms with van der Waals surface area (Å²) in [4.78, 5) is 20.9. The molecule has 1 atom stereocenters. The first-order valence-electron chi connectivity index (χ1n) is 6.29. The zero-order valence-electron chi connectivity index (χ0n) is 10.3. The van der Waals surface area contributed by atoms with Crippen LogP contribution in [-0.2, 0) is 0 Å². The molecule has 19 heavy (non-hydrogen) atoms. The molecule has 1 amide bonds. The molecule has 1 saturated heterocycles. The van der Waals surface area contributed by atoms with Crippen LogP contribution in [0.3, 0.4) is 0 Å². The molecule has 2 fully saturated rings. The Balaban J connectivity index is 1.62. The van der Waals surface area contributed by atoms with Crippen LogP contribution in [0.15, 0.2) is 12.4 Å². The lowest BCUT2D eigenvalue weighted by atomic mass is 10.0. The first kappa shape index (κ1) is 12.5. The predicted octanol–water partition coefficient (Wildman–Crippen LogP) is 2.07. The van der Waals surface area contributed by atoms with E-state index in [4.69, 9.17) is 11.6 Å². The first-order valence-corrected chi connectivity index (χ1v) is 6.67. The van der Waals surface area contributed by atoms with Gasteiger partial charge in [-0.2, -0.15) is 0 Å². The highest BCUT2D eigenvalue weighted by Crippen LogP contribution is 2.54. The van der Waals surface area contributed by atoms with Crippen LogP contribution < -0.4 is 5.32 Å². The van der Waals surface area contributed by atoms with Gasteiger partial charge in [0.1, 0.15) is 0 Å². The van der Waals surface area contributed by atoms with E-state index in [0.717, 1.165) is 19.3 Å². The van der Waals surface area contributed by atoms with Crippen molar-refractivity contribution in [2.75, 3.05) is 18.4 Å². The third-order valence-electron chi connectivity index (χ3n) is 3.93. The van der Waals surface area contributed by atoms with Gasteiger partial charge in [-0.05, 0) is 24.7 Å². The van der Waals surface area contributed by atoms with Crippen LogP contribution in [0.5, 0.6) is 0 Å². The topological polar surface area (TPSA) is 78.4 Å². The van der Waals surface area contributed by atoms with E-state index < -0.39 is 6.09 Å².